The van der Waals surface area contributed by atoms with Gasteiger partial charge in [-0.05, 0) is 28.5 Å². The first-order valence-corrected chi connectivity index (χ1v) is 9.48. The summed E-state index contributed by atoms with van der Waals surface area (Å²) in [5.41, 5.74) is 2.00. The van der Waals surface area contributed by atoms with Gasteiger partial charge in [0.15, 0.2) is 0 Å². The van der Waals surface area contributed by atoms with Crippen LogP contribution in [0.15, 0.2) is 64.2 Å². The fourth-order valence-electron chi connectivity index (χ4n) is 4.23. The first kappa shape index (κ1) is 18.1. The Kier molecular flexibility index (Phi) is 4.10. The van der Waals surface area contributed by atoms with Gasteiger partial charge < -0.3 is 14.8 Å². The molecule has 0 amide bonds. The van der Waals surface area contributed by atoms with Gasteiger partial charge in [0, 0.05) is 23.2 Å². The number of methoxy groups -OCH3 is 2. The summed E-state index contributed by atoms with van der Waals surface area (Å²) in [4.78, 5) is 30.0. The first-order valence-electron chi connectivity index (χ1n) is 9.48. The lowest BCUT2D eigenvalue weighted by atomic mass is 9.80. The predicted octanol–water partition coefficient (Wildman–Crippen LogP) is 3.47. The van der Waals surface area contributed by atoms with Crippen LogP contribution in [0.25, 0.3) is 10.8 Å². The second kappa shape index (κ2) is 6.81. The Morgan fingerprint density at radius 3 is 2.50 bits per heavy atom. The fourth-order valence-corrected chi connectivity index (χ4v) is 4.23. The van der Waals surface area contributed by atoms with Gasteiger partial charge in [-0.2, -0.15) is 0 Å². The molecule has 4 aromatic rings. The number of hydrogen-bond acceptors (Lipinski definition) is 5. The van der Waals surface area contributed by atoms with Crippen molar-refractivity contribution >= 4 is 22.3 Å². The minimum Gasteiger partial charge on any atom is -0.497 e. The smallest absolute Gasteiger partial charge is 0.327 e. The highest BCUT2D eigenvalue weighted by Crippen LogP contribution is 2.48. The zero-order chi connectivity index (χ0) is 20.8. The molecule has 150 valence electrons. The van der Waals surface area contributed by atoms with Crippen molar-refractivity contribution < 1.29 is 9.47 Å². The SMILES string of the molecule is COc1ccc([C@@H]2c3c([nH]c(=O)[nH]c3=O)Nc3ccc4ccccc4c32)c(OC)c1. The molecule has 5 rings (SSSR count). The average Bonchev–Trinajstić information content (AvgIpc) is 2.76. The molecule has 7 nitrogen and oxygen atoms in total. The van der Waals surface area contributed by atoms with Gasteiger partial charge in [-0.3, -0.25) is 14.8 Å². The number of H-pyrrole nitrogens is 2. The third-order valence-electron chi connectivity index (χ3n) is 5.54. The van der Waals surface area contributed by atoms with Crippen molar-refractivity contribution in [2.24, 2.45) is 0 Å². The Bertz CT molecular complexity index is 1400. The number of ether oxygens (including phenoxy) is 2. The zero-order valence-electron chi connectivity index (χ0n) is 16.4. The maximum absolute atomic E-state index is 13.0. The van der Waals surface area contributed by atoms with Gasteiger partial charge in [0.1, 0.15) is 17.3 Å². The second-order valence-electron chi connectivity index (χ2n) is 7.11. The highest BCUT2D eigenvalue weighted by atomic mass is 16.5. The van der Waals surface area contributed by atoms with E-state index in [1.165, 1.54) is 0 Å². The number of nitrogens with one attached hydrogen (secondary N) is 3. The lowest BCUT2D eigenvalue weighted by Crippen LogP contribution is -2.32. The van der Waals surface area contributed by atoms with Crippen LogP contribution < -0.4 is 26.0 Å². The Morgan fingerprint density at radius 1 is 0.867 bits per heavy atom. The van der Waals surface area contributed by atoms with Gasteiger partial charge in [0.2, 0.25) is 0 Å². The van der Waals surface area contributed by atoms with Crippen LogP contribution in [0, 0.1) is 0 Å². The summed E-state index contributed by atoms with van der Waals surface area (Å²) in [7, 11) is 3.17. The van der Waals surface area contributed by atoms with E-state index in [9.17, 15) is 9.59 Å². The lowest BCUT2D eigenvalue weighted by Gasteiger charge is -2.30. The summed E-state index contributed by atoms with van der Waals surface area (Å²) in [5, 5.41) is 5.30. The fraction of sp³-hybridized carbons (Fsp3) is 0.130. The van der Waals surface area contributed by atoms with E-state index in [0.717, 1.165) is 27.6 Å². The van der Waals surface area contributed by atoms with Crippen molar-refractivity contribution in [3.8, 4) is 11.5 Å². The minimum absolute atomic E-state index is 0.384. The molecule has 0 radical (unpaired) electrons. The summed E-state index contributed by atoms with van der Waals surface area (Å²) in [5.74, 6) is 1.17. The normalized spacial score (nSPS) is 14.5. The van der Waals surface area contributed by atoms with Crippen LogP contribution >= 0.6 is 0 Å². The highest BCUT2D eigenvalue weighted by molar-refractivity contribution is 5.94. The van der Waals surface area contributed by atoms with Crippen molar-refractivity contribution in [2.45, 2.75) is 5.92 Å². The standard InChI is InChI=1S/C23H19N3O4/c1-29-13-8-9-15(17(11-13)30-2)19-18-14-6-4-3-5-12(14)7-10-16(18)24-21-20(19)22(27)26-23(28)25-21/h3-11,19H,1-2H3,(H3,24,25,26,27,28)/t19-/m0/s1. The van der Waals surface area contributed by atoms with Crippen molar-refractivity contribution in [2.75, 3.05) is 19.5 Å². The van der Waals surface area contributed by atoms with Gasteiger partial charge >= 0.3 is 5.69 Å². The molecular formula is C23H19N3O4. The molecule has 3 N–H and O–H groups in total. The molecule has 1 aliphatic heterocycles. The molecule has 0 spiro atoms. The topological polar surface area (TPSA) is 96.2 Å². The van der Waals surface area contributed by atoms with Crippen molar-refractivity contribution in [1.29, 1.82) is 0 Å². The van der Waals surface area contributed by atoms with E-state index in [2.05, 4.69) is 15.3 Å². The maximum Gasteiger partial charge on any atom is 0.327 e. The number of rotatable bonds is 3. The lowest BCUT2D eigenvalue weighted by molar-refractivity contribution is 0.390. The molecule has 1 atom stereocenters. The summed E-state index contributed by atoms with van der Waals surface area (Å²) in [6.45, 7) is 0. The van der Waals surface area contributed by atoms with Gasteiger partial charge in [0.05, 0.1) is 19.8 Å². The minimum atomic E-state index is -0.559. The molecule has 0 unspecified atom stereocenters. The van der Waals surface area contributed by atoms with Gasteiger partial charge in [-0.1, -0.05) is 36.4 Å². The molecular weight excluding hydrogens is 382 g/mol. The molecule has 2 heterocycles. The summed E-state index contributed by atoms with van der Waals surface area (Å²) in [6, 6.07) is 17.5. The summed E-state index contributed by atoms with van der Waals surface area (Å²) < 4.78 is 11.0. The van der Waals surface area contributed by atoms with Crippen LogP contribution in [-0.4, -0.2) is 24.2 Å². The van der Waals surface area contributed by atoms with Crippen LogP contribution in [0.5, 0.6) is 11.5 Å². The number of benzene rings is 3. The van der Waals surface area contributed by atoms with E-state index in [1.54, 1.807) is 20.3 Å². The van der Waals surface area contributed by atoms with E-state index in [0.29, 0.717) is 22.9 Å². The highest BCUT2D eigenvalue weighted by Gasteiger charge is 2.34. The number of aromatic nitrogens is 2. The Morgan fingerprint density at radius 2 is 1.70 bits per heavy atom. The van der Waals surface area contributed by atoms with Gasteiger partial charge in [0.25, 0.3) is 5.56 Å². The van der Waals surface area contributed by atoms with Gasteiger partial charge in [-0.15, -0.1) is 0 Å². The molecule has 0 bridgehead atoms. The van der Waals surface area contributed by atoms with Crippen LogP contribution in [0.3, 0.4) is 0 Å². The largest absolute Gasteiger partial charge is 0.497 e. The van der Waals surface area contributed by atoms with Crippen LogP contribution in [0.1, 0.15) is 22.6 Å². The van der Waals surface area contributed by atoms with E-state index in [4.69, 9.17) is 9.47 Å². The Hall–Kier alpha value is -4.00. The molecule has 0 aliphatic carbocycles. The number of aromatic amines is 2. The average molecular weight is 401 g/mol. The van der Waals surface area contributed by atoms with E-state index in [-0.39, 0.29) is 0 Å². The Balaban J connectivity index is 1.90. The molecule has 0 saturated heterocycles. The van der Waals surface area contributed by atoms with Crippen molar-refractivity contribution in [1.82, 2.24) is 9.97 Å². The van der Waals surface area contributed by atoms with E-state index < -0.39 is 17.2 Å². The summed E-state index contributed by atoms with van der Waals surface area (Å²) in [6.07, 6.45) is 0. The number of hydrogen-bond donors (Lipinski definition) is 3. The second-order valence-corrected chi connectivity index (χ2v) is 7.11. The molecule has 30 heavy (non-hydrogen) atoms. The van der Waals surface area contributed by atoms with E-state index >= 15 is 0 Å². The number of anilines is 2. The molecule has 0 fully saturated rings. The first-order chi connectivity index (χ1) is 14.6. The van der Waals surface area contributed by atoms with Gasteiger partial charge in [-0.25, -0.2) is 4.79 Å². The quantitative estimate of drug-likeness (QED) is 0.430. The predicted molar refractivity (Wildman–Crippen MR) is 115 cm³/mol. The molecule has 7 heteroatoms. The number of fused-ring (bicyclic) bond motifs is 4. The molecule has 1 aromatic heterocycles. The van der Waals surface area contributed by atoms with E-state index in [1.807, 2.05) is 48.5 Å². The summed E-state index contributed by atoms with van der Waals surface area (Å²) >= 11 is 0. The van der Waals surface area contributed by atoms with Crippen LogP contribution in [0.2, 0.25) is 0 Å². The van der Waals surface area contributed by atoms with Crippen molar-refractivity contribution in [3.05, 3.63) is 92.1 Å². The Labute approximate surface area is 171 Å². The third kappa shape index (κ3) is 2.67. The van der Waals surface area contributed by atoms with Crippen LogP contribution in [0.4, 0.5) is 11.5 Å². The third-order valence-corrected chi connectivity index (χ3v) is 5.54. The maximum atomic E-state index is 13.0. The molecule has 3 aromatic carbocycles. The molecule has 1 aliphatic rings. The molecule has 0 saturated carbocycles. The zero-order valence-corrected chi connectivity index (χ0v) is 16.4. The monoisotopic (exact) mass is 401 g/mol. The van der Waals surface area contributed by atoms with Crippen LogP contribution in [-0.2, 0) is 0 Å². The van der Waals surface area contributed by atoms with Crippen molar-refractivity contribution in [3.63, 3.8) is 0 Å².